The fraction of sp³-hybridized carbons (Fsp3) is 0.174. The fourth-order valence-electron chi connectivity index (χ4n) is 3.84. The Morgan fingerprint density at radius 3 is 2.42 bits per heavy atom. The molecular formula is C23H20N6OS. The van der Waals surface area contributed by atoms with E-state index in [0.29, 0.717) is 5.13 Å². The number of nitrogens with one attached hydrogen (secondary N) is 1. The Hall–Kier alpha value is -3.65. The molecule has 1 aliphatic carbocycles. The second-order valence-corrected chi connectivity index (χ2v) is 8.43. The van der Waals surface area contributed by atoms with Gasteiger partial charge in [-0.1, -0.05) is 30.7 Å². The van der Waals surface area contributed by atoms with Crippen molar-refractivity contribution in [3.63, 3.8) is 0 Å². The molecule has 0 unspecified atom stereocenters. The number of aromatic nitrogens is 4. The first-order valence-corrected chi connectivity index (χ1v) is 10.9. The van der Waals surface area contributed by atoms with Gasteiger partial charge in [0.25, 0.3) is 0 Å². The summed E-state index contributed by atoms with van der Waals surface area (Å²) in [5, 5.41) is 5.58. The maximum atomic E-state index is 13.3. The number of hydrogen-bond acceptors (Lipinski definition) is 7. The van der Waals surface area contributed by atoms with E-state index in [9.17, 15) is 4.79 Å². The zero-order chi connectivity index (χ0) is 21.3. The van der Waals surface area contributed by atoms with Crippen molar-refractivity contribution in [1.29, 1.82) is 0 Å². The van der Waals surface area contributed by atoms with Crippen molar-refractivity contribution in [2.24, 2.45) is 0 Å². The summed E-state index contributed by atoms with van der Waals surface area (Å²) in [5.74, 6) is 0.244. The van der Waals surface area contributed by atoms with Crippen LogP contribution in [0.2, 0.25) is 0 Å². The molecule has 0 radical (unpaired) electrons. The molecule has 1 aromatic carbocycles. The van der Waals surface area contributed by atoms with Crippen molar-refractivity contribution in [3.05, 3.63) is 72.1 Å². The molecule has 1 fully saturated rings. The quantitative estimate of drug-likeness (QED) is 0.491. The number of nitrogens with two attached hydrogens (primary N) is 1. The zero-order valence-corrected chi connectivity index (χ0v) is 17.5. The third kappa shape index (κ3) is 3.66. The highest BCUT2D eigenvalue weighted by Crippen LogP contribution is 2.45. The molecular weight excluding hydrogens is 408 g/mol. The number of benzene rings is 1. The van der Waals surface area contributed by atoms with Crippen molar-refractivity contribution < 1.29 is 4.79 Å². The van der Waals surface area contributed by atoms with Crippen LogP contribution in [-0.2, 0) is 10.2 Å². The minimum absolute atomic E-state index is 0.00518. The minimum atomic E-state index is -0.518. The molecule has 4 aromatic rings. The maximum Gasteiger partial charge on any atom is 0.236 e. The van der Waals surface area contributed by atoms with E-state index >= 15 is 0 Å². The van der Waals surface area contributed by atoms with Gasteiger partial charge >= 0.3 is 0 Å². The molecule has 1 saturated carbocycles. The monoisotopic (exact) mass is 428 g/mol. The summed E-state index contributed by atoms with van der Waals surface area (Å²) in [6, 6.07) is 11.9. The second-order valence-electron chi connectivity index (χ2n) is 7.58. The molecule has 0 bridgehead atoms. The van der Waals surface area contributed by atoms with E-state index in [1.165, 1.54) is 11.3 Å². The van der Waals surface area contributed by atoms with Gasteiger partial charge in [-0.2, -0.15) is 0 Å². The largest absolute Gasteiger partial charge is 0.368 e. The van der Waals surface area contributed by atoms with E-state index in [-0.39, 0.29) is 11.9 Å². The van der Waals surface area contributed by atoms with Crippen molar-refractivity contribution in [2.75, 3.05) is 11.1 Å². The van der Waals surface area contributed by atoms with Crippen molar-refractivity contribution in [2.45, 2.75) is 24.7 Å². The predicted octanol–water partition coefficient (Wildman–Crippen LogP) is 4.30. The van der Waals surface area contributed by atoms with Gasteiger partial charge in [0.1, 0.15) is 0 Å². The van der Waals surface area contributed by atoms with E-state index in [1.807, 2.05) is 41.8 Å². The molecule has 0 atom stereocenters. The number of nitrogens with zero attached hydrogens (tertiary/aromatic N) is 4. The van der Waals surface area contributed by atoms with E-state index in [0.717, 1.165) is 47.2 Å². The topological polar surface area (TPSA) is 107 Å². The minimum Gasteiger partial charge on any atom is -0.368 e. The molecule has 31 heavy (non-hydrogen) atoms. The molecule has 8 heteroatoms. The number of pyridine rings is 1. The molecule has 154 valence electrons. The second kappa shape index (κ2) is 7.88. The molecule has 1 amide bonds. The maximum absolute atomic E-state index is 13.3. The Morgan fingerprint density at radius 2 is 1.77 bits per heavy atom. The summed E-state index contributed by atoms with van der Waals surface area (Å²) in [5.41, 5.74) is 9.68. The molecule has 3 heterocycles. The zero-order valence-electron chi connectivity index (χ0n) is 16.7. The van der Waals surface area contributed by atoms with Gasteiger partial charge in [0.05, 0.1) is 11.1 Å². The summed E-state index contributed by atoms with van der Waals surface area (Å²) in [6.45, 7) is 0. The SMILES string of the molecule is Nc1ncc(-c2ccc(C3(C(=O)Nc4nc(-c5cccnc5)cs4)CCC3)cc2)cn1. The van der Waals surface area contributed by atoms with Gasteiger partial charge in [-0.25, -0.2) is 15.0 Å². The Kier molecular flexibility index (Phi) is 4.91. The summed E-state index contributed by atoms with van der Waals surface area (Å²) in [6.07, 6.45) is 9.57. The smallest absolute Gasteiger partial charge is 0.236 e. The number of thiazole rings is 1. The van der Waals surface area contributed by atoms with E-state index in [4.69, 9.17) is 5.73 Å². The summed E-state index contributed by atoms with van der Waals surface area (Å²) >= 11 is 1.42. The van der Waals surface area contributed by atoms with E-state index < -0.39 is 5.41 Å². The lowest BCUT2D eigenvalue weighted by Crippen LogP contribution is -2.46. The van der Waals surface area contributed by atoms with Crippen LogP contribution in [0.4, 0.5) is 11.1 Å². The molecule has 0 spiro atoms. The highest BCUT2D eigenvalue weighted by atomic mass is 32.1. The highest BCUT2D eigenvalue weighted by molar-refractivity contribution is 7.14. The number of anilines is 2. The number of nitrogen functional groups attached to an aromatic ring is 1. The summed E-state index contributed by atoms with van der Waals surface area (Å²) in [7, 11) is 0. The molecule has 0 saturated heterocycles. The van der Waals surface area contributed by atoms with Crippen LogP contribution in [0.25, 0.3) is 22.4 Å². The van der Waals surface area contributed by atoms with Crippen LogP contribution in [0.3, 0.4) is 0 Å². The van der Waals surface area contributed by atoms with Gasteiger partial charge in [-0.05, 0) is 36.1 Å². The van der Waals surface area contributed by atoms with Gasteiger partial charge in [-0.3, -0.25) is 9.78 Å². The van der Waals surface area contributed by atoms with Crippen LogP contribution in [0, 0.1) is 0 Å². The van der Waals surface area contributed by atoms with Crippen LogP contribution in [0.1, 0.15) is 24.8 Å². The Bertz CT molecular complexity index is 1200. The van der Waals surface area contributed by atoms with Crippen molar-refractivity contribution >= 4 is 28.3 Å². The summed E-state index contributed by atoms with van der Waals surface area (Å²) < 4.78 is 0. The molecule has 3 aromatic heterocycles. The van der Waals surface area contributed by atoms with Gasteiger partial charge in [0, 0.05) is 41.3 Å². The first-order valence-electron chi connectivity index (χ1n) is 10.00. The fourth-order valence-corrected chi connectivity index (χ4v) is 4.56. The van der Waals surface area contributed by atoms with Crippen molar-refractivity contribution in [1.82, 2.24) is 19.9 Å². The van der Waals surface area contributed by atoms with Crippen LogP contribution in [0.15, 0.2) is 66.6 Å². The number of hydrogen-bond donors (Lipinski definition) is 2. The lowest BCUT2D eigenvalue weighted by atomic mass is 9.63. The van der Waals surface area contributed by atoms with Crippen LogP contribution in [0.5, 0.6) is 0 Å². The average molecular weight is 429 g/mol. The average Bonchev–Trinajstić information content (AvgIpc) is 3.23. The Morgan fingerprint density at radius 1 is 1.00 bits per heavy atom. The van der Waals surface area contributed by atoms with E-state index in [1.54, 1.807) is 24.8 Å². The van der Waals surface area contributed by atoms with Gasteiger partial charge in [0.15, 0.2) is 5.13 Å². The van der Waals surface area contributed by atoms with Crippen LogP contribution in [-0.4, -0.2) is 25.8 Å². The lowest BCUT2D eigenvalue weighted by Gasteiger charge is -2.40. The Labute approximate surface area is 183 Å². The first kappa shape index (κ1) is 19.3. The third-order valence-corrected chi connectivity index (χ3v) is 6.52. The molecule has 3 N–H and O–H groups in total. The first-order chi connectivity index (χ1) is 15.1. The third-order valence-electron chi connectivity index (χ3n) is 5.77. The number of carbonyl (C=O) groups is 1. The molecule has 5 rings (SSSR count). The molecule has 7 nitrogen and oxygen atoms in total. The van der Waals surface area contributed by atoms with Gasteiger partial charge in [-0.15, -0.1) is 11.3 Å². The predicted molar refractivity (Wildman–Crippen MR) is 121 cm³/mol. The van der Waals surface area contributed by atoms with Crippen LogP contribution >= 0.6 is 11.3 Å². The Balaban J connectivity index is 1.35. The lowest BCUT2D eigenvalue weighted by molar-refractivity contribution is -0.124. The molecule has 0 aliphatic heterocycles. The van der Waals surface area contributed by atoms with Crippen molar-refractivity contribution in [3.8, 4) is 22.4 Å². The number of rotatable bonds is 5. The summed E-state index contributed by atoms with van der Waals surface area (Å²) in [4.78, 5) is 30.1. The highest BCUT2D eigenvalue weighted by Gasteiger charge is 2.45. The molecule has 1 aliphatic rings. The van der Waals surface area contributed by atoms with Gasteiger partial charge in [0.2, 0.25) is 11.9 Å². The van der Waals surface area contributed by atoms with E-state index in [2.05, 4.69) is 25.3 Å². The van der Waals surface area contributed by atoms with Crippen LogP contribution < -0.4 is 11.1 Å². The number of carbonyl (C=O) groups excluding carboxylic acids is 1. The normalized spacial score (nSPS) is 14.6. The number of amides is 1. The standard InChI is InChI=1S/C23H20N6OS/c24-21-26-12-17(13-27-21)15-4-6-18(7-5-15)23(8-2-9-23)20(30)29-22-28-19(14-31-22)16-3-1-10-25-11-16/h1,3-7,10-14H,2,8-9H2,(H2,24,26,27)(H,28,29,30). The van der Waals surface area contributed by atoms with Gasteiger partial charge < -0.3 is 11.1 Å².